The van der Waals surface area contributed by atoms with E-state index in [9.17, 15) is 4.39 Å². The quantitative estimate of drug-likeness (QED) is 0.947. The van der Waals surface area contributed by atoms with Crippen molar-refractivity contribution in [1.82, 2.24) is 9.78 Å². The summed E-state index contributed by atoms with van der Waals surface area (Å²) in [4.78, 5) is 0. The van der Waals surface area contributed by atoms with Gasteiger partial charge in [0.15, 0.2) is 0 Å². The number of halogens is 2. The van der Waals surface area contributed by atoms with Gasteiger partial charge in [0.2, 0.25) is 0 Å². The summed E-state index contributed by atoms with van der Waals surface area (Å²) >= 11 is 3.32. The average molecular weight is 298 g/mol. The van der Waals surface area contributed by atoms with E-state index in [0.717, 1.165) is 10.2 Å². The molecule has 0 spiro atoms. The van der Waals surface area contributed by atoms with Crippen LogP contribution < -0.4 is 5.73 Å². The third-order valence-corrected chi connectivity index (χ3v) is 3.15. The van der Waals surface area contributed by atoms with Gasteiger partial charge in [0, 0.05) is 22.8 Å². The number of nitrogens with zero attached hydrogens (tertiary/aromatic N) is 2. The number of aryl methyl sites for hydroxylation is 1. The fourth-order valence-corrected chi connectivity index (χ4v) is 2.16. The van der Waals surface area contributed by atoms with Crippen molar-refractivity contribution in [3.63, 3.8) is 0 Å². The molecule has 5 heteroatoms. The van der Waals surface area contributed by atoms with Crippen molar-refractivity contribution in [2.75, 3.05) is 0 Å². The van der Waals surface area contributed by atoms with Crippen LogP contribution in [0.4, 0.5) is 4.39 Å². The summed E-state index contributed by atoms with van der Waals surface area (Å²) in [6.45, 7) is 2.69. The second-order valence-electron chi connectivity index (χ2n) is 3.72. The highest BCUT2D eigenvalue weighted by Crippen LogP contribution is 2.25. The maximum Gasteiger partial charge on any atom is 0.128 e. The zero-order valence-corrected chi connectivity index (χ0v) is 11.0. The van der Waals surface area contributed by atoms with Gasteiger partial charge in [0.1, 0.15) is 5.82 Å². The van der Waals surface area contributed by atoms with Crippen molar-refractivity contribution >= 4 is 15.9 Å². The number of benzene rings is 1. The first-order valence-electron chi connectivity index (χ1n) is 5.35. The van der Waals surface area contributed by atoms with Crippen LogP contribution in [0.15, 0.2) is 34.9 Å². The van der Waals surface area contributed by atoms with E-state index >= 15 is 0 Å². The van der Waals surface area contributed by atoms with Crippen LogP contribution >= 0.6 is 15.9 Å². The fourth-order valence-electron chi connectivity index (χ4n) is 1.78. The minimum atomic E-state index is -0.505. The number of aromatic nitrogens is 2. The average Bonchev–Trinajstić information content (AvgIpc) is 2.79. The van der Waals surface area contributed by atoms with Gasteiger partial charge < -0.3 is 5.73 Å². The zero-order chi connectivity index (χ0) is 12.4. The molecule has 1 unspecified atom stereocenters. The molecule has 3 nitrogen and oxygen atoms in total. The molecule has 0 fully saturated rings. The van der Waals surface area contributed by atoms with Crippen molar-refractivity contribution < 1.29 is 4.39 Å². The Morgan fingerprint density at radius 3 is 2.94 bits per heavy atom. The van der Waals surface area contributed by atoms with Gasteiger partial charge in [-0.1, -0.05) is 15.9 Å². The molecule has 17 heavy (non-hydrogen) atoms. The number of hydrogen-bond donors (Lipinski definition) is 1. The minimum Gasteiger partial charge on any atom is -0.319 e. The molecule has 0 aliphatic rings. The lowest BCUT2D eigenvalue weighted by Crippen LogP contribution is -2.18. The normalized spacial score (nSPS) is 12.7. The molecule has 0 bridgehead atoms. The van der Waals surface area contributed by atoms with Gasteiger partial charge in [0.05, 0.1) is 11.7 Å². The van der Waals surface area contributed by atoms with E-state index in [1.165, 1.54) is 6.07 Å². The lowest BCUT2D eigenvalue weighted by atomic mass is 10.0. The molecule has 1 aromatic carbocycles. The lowest BCUT2D eigenvalue weighted by Gasteiger charge is -2.14. The molecule has 0 aliphatic heterocycles. The summed E-state index contributed by atoms with van der Waals surface area (Å²) in [5, 5.41) is 4.14. The smallest absolute Gasteiger partial charge is 0.128 e. The monoisotopic (exact) mass is 297 g/mol. The van der Waals surface area contributed by atoms with Crippen LogP contribution in [0.5, 0.6) is 0 Å². The summed E-state index contributed by atoms with van der Waals surface area (Å²) in [6.07, 6.45) is 1.68. The van der Waals surface area contributed by atoms with Crippen LogP contribution in [0.1, 0.15) is 24.2 Å². The van der Waals surface area contributed by atoms with E-state index < -0.39 is 6.04 Å². The van der Waals surface area contributed by atoms with Crippen molar-refractivity contribution in [3.05, 3.63) is 52.0 Å². The van der Waals surface area contributed by atoms with Crippen LogP contribution in [0, 0.1) is 5.82 Å². The third kappa shape index (κ3) is 2.40. The molecule has 0 amide bonds. The Hall–Kier alpha value is -1.20. The highest BCUT2D eigenvalue weighted by Gasteiger charge is 2.17. The summed E-state index contributed by atoms with van der Waals surface area (Å²) < 4.78 is 16.3. The molecule has 0 radical (unpaired) electrons. The molecular weight excluding hydrogens is 285 g/mol. The molecule has 2 rings (SSSR count). The van der Waals surface area contributed by atoms with Crippen molar-refractivity contribution in [3.8, 4) is 0 Å². The van der Waals surface area contributed by atoms with E-state index in [1.807, 2.05) is 13.0 Å². The molecule has 2 N–H and O–H groups in total. The van der Waals surface area contributed by atoms with E-state index in [2.05, 4.69) is 21.0 Å². The highest BCUT2D eigenvalue weighted by molar-refractivity contribution is 9.10. The predicted molar refractivity (Wildman–Crippen MR) is 68.0 cm³/mol. The summed E-state index contributed by atoms with van der Waals surface area (Å²) in [6, 6.07) is 6.07. The largest absolute Gasteiger partial charge is 0.319 e. The van der Waals surface area contributed by atoms with Gasteiger partial charge in [-0.05, 0) is 31.2 Å². The predicted octanol–water partition coefficient (Wildman–Crippen LogP) is 2.85. The van der Waals surface area contributed by atoms with Gasteiger partial charge in [-0.3, -0.25) is 4.68 Å². The maximum atomic E-state index is 13.7. The molecule has 1 aromatic heterocycles. The Morgan fingerprint density at radius 1 is 1.47 bits per heavy atom. The molecular formula is C12H13BrFN3. The van der Waals surface area contributed by atoms with Crippen LogP contribution in [0.25, 0.3) is 0 Å². The molecule has 90 valence electrons. The molecule has 2 aromatic rings. The fraction of sp³-hybridized carbons (Fsp3) is 0.250. The second kappa shape index (κ2) is 4.98. The Bertz CT molecular complexity index is 524. The van der Waals surface area contributed by atoms with E-state index in [1.54, 1.807) is 23.0 Å². The van der Waals surface area contributed by atoms with Gasteiger partial charge in [-0.25, -0.2) is 4.39 Å². The van der Waals surface area contributed by atoms with E-state index in [0.29, 0.717) is 12.1 Å². The first kappa shape index (κ1) is 12.3. The first-order valence-corrected chi connectivity index (χ1v) is 6.15. The minimum absolute atomic E-state index is 0.301. The summed E-state index contributed by atoms with van der Waals surface area (Å²) in [5.41, 5.74) is 7.36. The Morgan fingerprint density at radius 2 is 2.24 bits per heavy atom. The van der Waals surface area contributed by atoms with Crippen LogP contribution in [0.2, 0.25) is 0 Å². The van der Waals surface area contributed by atoms with Gasteiger partial charge >= 0.3 is 0 Å². The SMILES string of the molecule is CCn1nccc1C(N)c1cc(Br)ccc1F. The Kier molecular flexibility index (Phi) is 3.59. The van der Waals surface area contributed by atoms with Crippen LogP contribution in [-0.4, -0.2) is 9.78 Å². The van der Waals surface area contributed by atoms with Crippen LogP contribution in [0.3, 0.4) is 0 Å². The second-order valence-corrected chi connectivity index (χ2v) is 4.63. The van der Waals surface area contributed by atoms with Crippen molar-refractivity contribution in [2.24, 2.45) is 5.73 Å². The lowest BCUT2D eigenvalue weighted by molar-refractivity contribution is 0.567. The van der Waals surface area contributed by atoms with Gasteiger partial charge in [-0.15, -0.1) is 0 Å². The Balaban J connectivity index is 2.43. The summed E-state index contributed by atoms with van der Waals surface area (Å²) in [7, 11) is 0. The number of rotatable bonds is 3. The molecule has 1 heterocycles. The number of nitrogens with two attached hydrogens (primary N) is 1. The standard InChI is InChI=1S/C12H13BrFN3/c1-2-17-11(5-6-16-17)12(15)9-7-8(13)3-4-10(9)14/h3-7,12H,2,15H2,1H3. The first-order chi connectivity index (χ1) is 8.13. The van der Waals surface area contributed by atoms with Crippen LogP contribution in [-0.2, 0) is 6.54 Å². The Labute approximate surface area is 108 Å². The van der Waals surface area contributed by atoms with Crippen molar-refractivity contribution in [2.45, 2.75) is 19.5 Å². The topological polar surface area (TPSA) is 43.8 Å². The van der Waals surface area contributed by atoms with E-state index in [-0.39, 0.29) is 5.82 Å². The highest BCUT2D eigenvalue weighted by atomic mass is 79.9. The zero-order valence-electron chi connectivity index (χ0n) is 9.40. The van der Waals surface area contributed by atoms with Gasteiger partial charge in [-0.2, -0.15) is 5.10 Å². The number of hydrogen-bond acceptors (Lipinski definition) is 2. The molecule has 0 aliphatic carbocycles. The third-order valence-electron chi connectivity index (χ3n) is 2.66. The summed E-state index contributed by atoms with van der Waals surface area (Å²) in [5.74, 6) is -0.301. The molecule has 1 atom stereocenters. The maximum absolute atomic E-state index is 13.7. The van der Waals surface area contributed by atoms with Crippen molar-refractivity contribution in [1.29, 1.82) is 0 Å². The van der Waals surface area contributed by atoms with Gasteiger partial charge in [0.25, 0.3) is 0 Å². The van der Waals surface area contributed by atoms with E-state index in [4.69, 9.17) is 5.73 Å². The molecule has 0 saturated carbocycles. The molecule has 0 saturated heterocycles.